The Bertz CT molecular complexity index is 649. The van der Waals surface area contributed by atoms with Gasteiger partial charge in [-0.2, -0.15) is 13.2 Å². The number of halogens is 3. The van der Waals surface area contributed by atoms with E-state index in [9.17, 15) is 13.2 Å². The van der Waals surface area contributed by atoms with Crippen LogP contribution in [0.4, 0.5) is 19.0 Å². The lowest BCUT2D eigenvalue weighted by molar-refractivity contribution is -0.141. The van der Waals surface area contributed by atoms with Crippen LogP contribution in [-0.2, 0) is 19.1 Å². The van der Waals surface area contributed by atoms with Crippen LogP contribution in [0, 0.1) is 0 Å². The van der Waals surface area contributed by atoms with Crippen LogP contribution >= 0.6 is 0 Å². The first kappa shape index (κ1) is 14.7. The second-order valence-corrected chi connectivity index (χ2v) is 5.25. The largest absolute Gasteiger partial charge is 0.435 e. The normalized spacial score (nSPS) is 16.2. The molecular formula is C13H15F3N6. The molecule has 1 aliphatic rings. The molecule has 0 amide bonds. The van der Waals surface area contributed by atoms with Crippen LogP contribution in [0.3, 0.4) is 0 Å². The number of aromatic nitrogens is 5. The first-order valence-electron chi connectivity index (χ1n) is 7.04. The second-order valence-electron chi connectivity index (χ2n) is 5.25. The number of hydrogen-bond acceptors (Lipinski definition) is 5. The van der Waals surface area contributed by atoms with E-state index in [-0.39, 0.29) is 11.9 Å². The molecule has 6 nitrogen and oxygen atoms in total. The van der Waals surface area contributed by atoms with Gasteiger partial charge in [0.1, 0.15) is 11.6 Å². The summed E-state index contributed by atoms with van der Waals surface area (Å²) in [4.78, 5) is 0. The van der Waals surface area contributed by atoms with Crippen LogP contribution < -0.4 is 5.32 Å². The van der Waals surface area contributed by atoms with E-state index in [1.807, 2.05) is 6.92 Å². The molecule has 2 aromatic rings. The van der Waals surface area contributed by atoms with Gasteiger partial charge in [-0.1, -0.05) is 0 Å². The summed E-state index contributed by atoms with van der Waals surface area (Å²) < 4.78 is 39.4. The molecule has 0 saturated carbocycles. The summed E-state index contributed by atoms with van der Waals surface area (Å²) in [6, 6.07) is 1.95. The molecule has 2 aromatic heterocycles. The highest BCUT2D eigenvalue weighted by Crippen LogP contribution is 2.27. The fourth-order valence-electron chi connectivity index (χ4n) is 2.50. The zero-order chi connectivity index (χ0) is 15.7. The Hall–Kier alpha value is -2.19. The Balaban J connectivity index is 1.74. The number of nitrogens with one attached hydrogen (secondary N) is 1. The summed E-state index contributed by atoms with van der Waals surface area (Å²) in [6.07, 6.45) is -1.40. The number of hydrogen-bond donors (Lipinski definition) is 1. The van der Waals surface area contributed by atoms with Gasteiger partial charge in [-0.25, -0.2) is 0 Å². The van der Waals surface area contributed by atoms with Crippen molar-refractivity contribution in [1.82, 2.24) is 25.0 Å². The molecule has 9 heteroatoms. The fourth-order valence-corrected chi connectivity index (χ4v) is 2.50. The first-order valence-corrected chi connectivity index (χ1v) is 7.04. The van der Waals surface area contributed by atoms with Crippen molar-refractivity contribution in [3.05, 3.63) is 29.5 Å². The molecule has 1 unspecified atom stereocenters. The molecule has 3 rings (SSSR count). The van der Waals surface area contributed by atoms with Crippen LogP contribution in [0.1, 0.15) is 43.1 Å². The zero-order valence-corrected chi connectivity index (χ0v) is 11.9. The summed E-state index contributed by atoms with van der Waals surface area (Å²) in [5.41, 5.74) is -1.01. The summed E-state index contributed by atoms with van der Waals surface area (Å²) in [5, 5.41) is 18.1. The van der Waals surface area contributed by atoms with Crippen molar-refractivity contribution in [2.75, 3.05) is 5.32 Å². The highest BCUT2D eigenvalue weighted by Gasteiger charge is 2.33. The summed E-state index contributed by atoms with van der Waals surface area (Å²) in [5.74, 6) is 1.98. The zero-order valence-electron chi connectivity index (χ0n) is 11.9. The number of aryl methyl sites for hydroxylation is 1. The average molecular weight is 312 g/mol. The van der Waals surface area contributed by atoms with Crippen molar-refractivity contribution in [1.29, 1.82) is 0 Å². The minimum Gasteiger partial charge on any atom is -0.359 e. The minimum absolute atomic E-state index is 0.217. The van der Waals surface area contributed by atoms with Gasteiger partial charge in [0.25, 0.3) is 0 Å². The van der Waals surface area contributed by atoms with E-state index < -0.39 is 11.9 Å². The van der Waals surface area contributed by atoms with Gasteiger partial charge in [-0.3, -0.25) is 0 Å². The fraction of sp³-hybridized carbons (Fsp3) is 0.538. The summed E-state index contributed by atoms with van der Waals surface area (Å²) >= 11 is 0. The van der Waals surface area contributed by atoms with E-state index in [1.165, 1.54) is 6.07 Å². The van der Waals surface area contributed by atoms with Crippen molar-refractivity contribution in [2.24, 2.45) is 0 Å². The Morgan fingerprint density at radius 2 is 1.95 bits per heavy atom. The molecule has 22 heavy (non-hydrogen) atoms. The van der Waals surface area contributed by atoms with Gasteiger partial charge in [0, 0.05) is 13.0 Å². The quantitative estimate of drug-likeness (QED) is 0.943. The molecular weight excluding hydrogens is 297 g/mol. The van der Waals surface area contributed by atoms with Crippen molar-refractivity contribution in [3.8, 4) is 0 Å². The summed E-state index contributed by atoms with van der Waals surface area (Å²) in [7, 11) is 0. The molecule has 1 N–H and O–H groups in total. The second kappa shape index (κ2) is 5.54. The van der Waals surface area contributed by atoms with Crippen LogP contribution in [0.15, 0.2) is 12.1 Å². The van der Waals surface area contributed by atoms with E-state index in [0.29, 0.717) is 0 Å². The number of anilines is 1. The standard InChI is InChI=1S/C13H15F3N6/c1-8(12-21-20-11-4-2-3-7-22(11)12)17-10-6-5-9(18-19-10)13(14,15)16/h5-6,8H,2-4,7H2,1H3,(H,17,19). The maximum absolute atomic E-state index is 12.4. The third-order valence-electron chi connectivity index (χ3n) is 3.59. The third kappa shape index (κ3) is 2.88. The molecule has 0 saturated heterocycles. The molecule has 1 aliphatic heterocycles. The number of fused-ring (bicyclic) bond motifs is 1. The third-order valence-corrected chi connectivity index (χ3v) is 3.59. The molecule has 118 valence electrons. The predicted molar refractivity (Wildman–Crippen MR) is 72.0 cm³/mol. The topological polar surface area (TPSA) is 68.5 Å². The Labute approximate surface area is 124 Å². The van der Waals surface area contributed by atoms with E-state index in [0.717, 1.165) is 43.5 Å². The van der Waals surface area contributed by atoms with E-state index in [4.69, 9.17) is 0 Å². The molecule has 1 atom stereocenters. The van der Waals surface area contributed by atoms with Gasteiger partial charge in [0.15, 0.2) is 11.5 Å². The highest BCUT2D eigenvalue weighted by atomic mass is 19.4. The molecule has 0 aliphatic carbocycles. The molecule has 3 heterocycles. The monoisotopic (exact) mass is 312 g/mol. The molecule has 0 fully saturated rings. The lowest BCUT2D eigenvalue weighted by Gasteiger charge is -2.19. The minimum atomic E-state index is -4.48. The molecule has 0 radical (unpaired) electrons. The predicted octanol–water partition coefficient (Wildman–Crippen LogP) is 2.60. The van der Waals surface area contributed by atoms with Crippen LogP contribution in [0.25, 0.3) is 0 Å². The highest BCUT2D eigenvalue weighted by molar-refractivity contribution is 5.35. The van der Waals surface area contributed by atoms with E-state index in [1.54, 1.807) is 0 Å². The van der Waals surface area contributed by atoms with E-state index >= 15 is 0 Å². The first-order chi connectivity index (χ1) is 10.4. The van der Waals surface area contributed by atoms with Gasteiger partial charge >= 0.3 is 6.18 Å². The maximum atomic E-state index is 12.4. The lowest BCUT2D eigenvalue weighted by Crippen LogP contribution is -2.19. The van der Waals surface area contributed by atoms with E-state index in [2.05, 4.69) is 30.3 Å². The van der Waals surface area contributed by atoms with Gasteiger partial charge in [0.2, 0.25) is 0 Å². The number of nitrogens with zero attached hydrogens (tertiary/aromatic N) is 5. The van der Waals surface area contributed by atoms with Gasteiger partial charge in [-0.15, -0.1) is 20.4 Å². The number of alkyl halides is 3. The van der Waals surface area contributed by atoms with Crippen LogP contribution in [0.2, 0.25) is 0 Å². The molecule has 0 aromatic carbocycles. The molecule has 0 bridgehead atoms. The lowest BCUT2D eigenvalue weighted by atomic mass is 10.1. The average Bonchev–Trinajstić information content (AvgIpc) is 2.91. The van der Waals surface area contributed by atoms with Gasteiger partial charge in [-0.05, 0) is 31.9 Å². The Morgan fingerprint density at radius 3 is 2.64 bits per heavy atom. The Kier molecular flexibility index (Phi) is 3.71. The summed E-state index contributed by atoms with van der Waals surface area (Å²) in [6.45, 7) is 2.73. The van der Waals surface area contributed by atoms with Crippen molar-refractivity contribution in [2.45, 2.75) is 44.9 Å². The Morgan fingerprint density at radius 1 is 1.14 bits per heavy atom. The van der Waals surface area contributed by atoms with Gasteiger partial charge in [0.05, 0.1) is 6.04 Å². The van der Waals surface area contributed by atoms with Gasteiger partial charge < -0.3 is 9.88 Å². The number of rotatable bonds is 3. The maximum Gasteiger partial charge on any atom is 0.435 e. The van der Waals surface area contributed by atoms with Crippen molar-refractivity contribution in [3.63, 3.8) is 0 Å². The smallest absolute Gasteiger partial charge is 0.359 e. The van der Waals surface area contributed by atoms with Crippen LogP contribution in [-0.4, -0.2) is 25.0 Å². The molecule has 0 spiro atoms. The van der Waals surface area contributed by atoms with Crippen molar-refractivity contribution < 1.29 is 13.2 Å². The van der Waals surface area contributed by atoms with Crippen molar-refractivity contribution >= 4 is 5.82 Å². The van der Waals surface area contributed by atoms with Crippen LogP contribution in [0.5, 0.6) is 0 Å². The SMILES string of the molecule is CC(Nc1ccc(C(F)(F)F)nn1)c1nnc2n1CCCC2.